The number of aromatic hydroxyl groups is 2. The summed E-state index contributed by atoms with van der Waals surface area (Å²) in [4.78, 5) is 0. The van der Waals surface area contributed by atoms with E-state index in [2.05, 4.69) is 45.7 Å². The maximum atomic E-state index is 9.44. The topological polar surface area (TPSA) is 40.5 Å². The van der Waals surface area contributed by atoms with Crippen molar-refractivity contribution in [2.75, 3.05) is 0 Å². The normalized spacial score (nSPS) is 10.1. The summed E-state index contributed by atoms with van der Waals surface area (Å²) >= 11 is 6.73. The summed E-state index contributed by atoms with van der Waals surface area (Å²) in [5.41, 5.74) is 2.05. The van der Waals surface area contributed by atoms with E-state index < -0.39 is 0 Å². The van der Waals surface area contributed by atoms with Crippen molar-refractivity contribution >= 4 is 31.9 Å². The average molecular weight is 444 g/mol. The van der Waals surface area contributed by atoms with Gasteiger partial charge in [-0.15, -0.1) is 0 Å². The van der Waals surface area contributed by atoms with Crippen LogP contribution in [-0.4, -0.2) is 10.2 Å². The first-order valence-electron chi connectivity index (χ1n) is 7.92. The number of phenolic OH excluding ortho intramolecular Hbond substituents is 2. The minimum absolute atomic E-state index is 0.398. The molecule has 0 aliphatic heterocycles. The molecule has 0 amide bonds. The Morgan fingerprint density at radius 2 is 1.22 bits per heavy atom. The van der Waals surface area contributed by atoms with Crippen LogP contribution in [0.3, 0.4) is 0 Å². The quantitative estimate of drug-likeness (QED) is 0.546. The van der Waals surface area contributed by atoms with Gasteiger partial charge in [-0.05, 0) is 66.8 Å². The lowest BCUT2D eigenvalue weighted by Gasteiger charge is -2.03. The highest BCUT2D eigenvalue weighted by Crippen LogP contribution is 2.23. The minimum atomic E-state index is 0.398. The Balaban J connectivity index is 0.000000231. The van der Waals surface area contributed by atoms with E-state index in [1.54, 1.807) is 12.1 Å². The lowest BCUT2D eigenvalue weighted by molar-refractivity contribution is 0.466. The number of benzene rings is 2. The maximum absolute atomic E-state index is 9.44. The number of hydrogen-bond donors (Lipinski definition) is 2. The van der Waals surface area contributed by atoms with Crippen LogP contribution in [0.2, 0.25) is 0 Å². The van der Waals surface area contributed by atoms with Crippen LogP contribution >= 0.6 is 31.9 Å². The molecule has 0 aromatic heterocycles. The average Bonchev–Trinajstić information content (AvgIpc) is 2.53. The second-order valence-electron chi connectivity index (χ2n) is 5.40. The van der Waals surface area contributed by atoms with Crippen LogP contribution in [-0.2, 0) is 12.8 Å². The minimum Gasteiger partial charge on any atom is -0.508 e. The lowest BCUT2D eigenvalue weighted by Crippen LogP contribution is -1.85. The molecule has 2 nitrogen and oxygen atoms in total. The molecule has 0 fully saturated rings. The van der Waals surface area contributed by atoms with E-state index in [4.69, 9.17) is 0 Å². The first-order chi connectivity index (χ1) is 11.0. The molecule has 2 aromatic rings. The van der Waals surface area contributed by atoms with Gasteiger partial charge in [0.2, 0.25) is 0 Å². The molecule has 0 saturated heterocycles. The number of rotatable bonds is 5. The second-order valence-corrected chi connectivity index (χ2v) is 7.23. The highest BCUT2D eigenvalue weighted by Gasteiger charge is 2.00. The molecular formula is C19H24Br2O2. The van der Waals surface area contributed by atoms with E-state index in [1.807, 2.05) is 24.3 Å². The molecule has 0 heterocycles. The molecule has 0 spiro atoms. The first-order valence-corrected chi connectivity index (χ1v) is 9.51. The molecule has 4 heteroatoms. The van der Waals surface area contributed by atoms with Gasteiger partial charge < -0.3 is 10.2 Å². The Hall–Kier alpha value is -1.00. The van der Waals surface area contributed by atoms with Crippen LogP contribution in [0.4, 0.5) is 0 Å². The summed E-state index contributed by atoms with van der Waals surface area (Å²) in [6, 6.07) is 11.1. The fourth-order valence-corrected chi connectivity index (χ4v) is 2.96. The lowest BCUT2D eigenvalue weighted by atomic mass is 10.1. The number of phenols is 2. The first kappa shape index (κ1) is 20.0. The van der Waals surface area contributed by atoms with Gasteiger partial charge in [0.25, 0.3) is 0 Å². The summed E-state index contributed by atoms with van der Waals surface area (Å²) in [5.74, 6) is 0.807. The van der Waals surface area contributed by atoms with Crippen LogP contribution in [0.15, 0.2) is 45.3 Å². The van der Waals surface area contributed by atoms with Gasteiger partial charge in [0.1, 0.15) is 11.5 Å². The molecule has 2 aromatic carbocycles. The SMILES string of the molecule is CCCCc1cc(Br)ccc1O.CCCc1cc(Br)ccc1O. The van der Waals surface area contributed by atoms with Crippen LogP contribution in [0, 0.1) is 0 Å². The van der Waals surface area contributed by atoms with Gasteiger partial charge in [-0.3, -0.25) is 0 Å². The highest BCUT2D eigenvalue weighted by atomic mass is 79.9. The summed E-state index contributed by atoms with van der Waals surface area (Å²) in [6.45, 7) is 4.25. The molecule has 126 valence electrons. The Labute approximate surface area is 155 Å². The largest absolute Gasteiger partial charge is 0.508 e. The van der Waals surface area contributed by atoms with E-state index in [0.29, 0.717) is 11.5 Å². The number of hydrogen-bond acceptors (Lipinski definition) is 2. The number of aryl methyl sites for hydroxylation is 2. The van der Waals surface area contributed by atoms with E-state index in [9.17, 15) is 10.2 Å². The summed E-state index contributed by atoms with van der Waals surface area (Å²) in [6.07, 6.45) is 5.24. The van der Waals surface area contributed by atoms with Crippen molar-refractivity contribution in [3.05, 3.63) is 56.5 Å². The molecule has 0 aliphatic rings. The fraction of sp³-hybridized carbons (Fsp3) is 0.368. The molecule has 0 saturated carbocycles. The summed E-state index contributed by atoms with van der Waals surface area (Å²) < 4.78 is 2.06. The molecule has 2 rings (SSSR count). The van der Waals surface area contributed by atoms with Crippen LogP contribution in [0.1, 0.15) is 44.2 Å². The standard InChI is InChI=1S/C10H13BrO.C9H11BrO/c1-2-3-4-8-7-9(11)5-6-10(8)12;1-2-3-7-6-8(10)4-5-9(7)11/h5-7,12H,2-4H2,1H3;4-6,11H,2-3H2,1H3. The van der Waals surface area contributed by atoms with Gasteiger partial charge in [-0.25, -0.2) is 0 Å². The molecule has 0 radical (unpaired) electrons. The van der Waals surface area contributed by atoms with Crippen LogP contribution < -0.4 is 0 Å². The zero-order valence-corrected chi connectivity index (χ0v) is 16.8. The Morgan fingerprint density at radius 1 is 0.739 bits per heavy atom. The third kappa shape index (κ3) is 7.40. The molecule has 0 unspecified atom stereocenters. The van der Waals surface area contributed by atoms with Crippen molar-refractivity contribution in [3.63, 3.8) is 0 Å². The summed E-state index contributed by atoms with van der Waals surface area (Å²) in [7, 11) is 0. The van der Waals surface area contributed by atoms with Gasteiger partial charge in [0.05, 0.1) is 0 Å². The van der Waals surface area contributed by atoms with Crippen molar-refractivity contribution in [1.29, 1.82) is 0 Å². The predicted molar refractivity (Wildman–Crippen MR) is 104 cm³/mol. The molecule has 0 aliphatic carbocycles. The van der Waals surface area contributed by atoms with E-state index in [-0.39, 0.29) is 0 Å². The van der Waals surface area contributed by atoms with Crippen LogP contribution in [0.25, 0.3) is 0 Å². The summed E-state index contributed by atoms with van der Waals surface area (Å²) in [5, 5.41) is 18.8. The zero-order chi connectivity index (χ0) is 17.2. The highest BCUT2D eigenvalue weighted by molar-refractivity contribution is 9.10. The molecular weight excluding hydrogens is 420 g/mol. The maximum Gasteiger partial charge on any atom is 0.118 e. The predicted octanol–water partition coefficient (Wildman–Crippen LogP) is 6.60. The van der Waals surface area contributed by atoms with Gasteiger partial charge in [0.15, 0.2) is 0 Å². The van der Waals surface area contributed by atoms with Crippen molar-refractivity contribution in [2.45, 2.75) is 46.0 Å². The van der Waals surface area contributed by atoms with Gasteiger partial charge >= 0.3 is 0 Å². The van der Waals surface area contributed by atoms with Gasteiger partial charge in [-0.1, -0.05) is 58.5 Å². The van der Waals surface area contributed by atoms with Crippen molar-refractivity contribution in [3.8, 4) is 11.5 Å². The fourth-order valence-electron chi connectivity index (χ4n) is 2.15. The smallest absolute Gasteiger partial charge is 0.118 e. The monoisotopic (exact) mass is 442 g/mol. The molecule has 23 heavy (non-hydrogen) atoms. The van der Waals surface area contributed by atoms with Crippen molar-refractivity contribution in [1.82, 2.24) is 0 Å². The van der Waals surface area contributed by atoms with Crippen LogP contribution in [0.5, 0.6) is 11.5 Å². The van der Waals surface area contributed by atoms with Gasteiger partial charge in [0, 0.05) is 8.95 Å². The Kier molecular flexibility index (Phi) is 9.34. The molecule has 0 atom stereocenters. The van der Waals surface area contributed by atoms with E-state index >= 15 is 0 Å². The van der Waals surface area contributed by atoms with Crippen molar-refractivity contribution in [2.24, 2.45) is 0 Å². The molecule has 0 bridgehead atoms. The third-order valence-corrected chi connectivity index (χ3v) is 4.39. The number of halogens is 2. The number of unbranched alkanes of at least 4 members (excludes halogenated alkanes) is 1. The van der Waals surface area contributed by atoms with E-state index in [1.165, 1.54) is 0 Å². The Morgan fingerprint density at radius 3 is 1.65 bits per heavy atom. The van der Waals surface area contributed by atoms with Crippen molar-refractivity contribution < 1.29 is 10.2 Å². The van der Waals surface area contributed by atoms with Gasteiger partial charge in [-0.2, -0.15) is 0 Å². The van der Waals surface area contributed by atoms with E-state index in [0.717, 1.165) is 52.2 Å². The third-order valence-electron chi connectivity index (χ3n) is 3.40. The Bertz CT molecular complexity index is 612. The zero-order valence-electron chi connectivity index (χ0n) is 13.6. The second kappa shape index (κ2) is 10.7. The molecule has 2 N–H and O–H groups in total.